The van der Waals surface area contributed by atoms with Crippen molar-refractivity contribution < 1.29 is 16.8 Å². The molecule has 148 valence electrons. The number of hydrogen-bond acceptors (Lipinski definition) is 4. The minimum absolute atomic E-state index is 0.106. The van der Waals surface area contributed by atoms with Crippen LogP contribution in [0.4, 0.5) is 0 Å². The van der Waals surface area contributed by atoms with Crippen LogP contribution in [0.3, 0.4) is 0 Å². The third-order valence-corrected chi connectivity index (χ3v) is 8.18. The topological polar surface area (TPSA) is 71.5 Å². The van der Waals surface area contributed by atoms with Crippen molar-refractivity contribution in [3.8, 4) is 11.8 Å². The maximum Gasteiger partial charge on any atom is 0.256 e. The maximum atomic E-state index is 13.2. The van der Waals surface area contributed by atoms with E-state index in [4.69, 9.17) is 0 Å². The lowest BCUT2D eigenvalue weighted by Gasteiger charge is -2.22. The summed E-state index contributed by atoms with van der Waals surface area (Å²) >= 11 is 0. The van der Waals surface area contributed by atoms with Gasteiger partial charge < -0.3 is 0 Å². The van der Waals surface area contributed by atoms with Gasteiger partial charge in [-0.1, -0.05) is 64.4 Å². The van der Waals surface area contributed by atoms with Crippen LogP contribution in [0.1, 0.15) is 24.5 Å². The van der Waals surface area contributed by atoms with Gasteiger partial charge in [-0.2, -0.15) is 0 Å². The Balaban J connectivity index is 2.60. The first-order chi connectivity index (χ1) is 13.1. The first-order valence-corrected chi connectivity index (χ1v) is 11.5. The summed E-state index contributed by atoms with van der Waals surface area (Å²) in [6.07, 6.45) is 0.550. The van der Waals surface area contributed by atoms with Crippen LogP contribution < -0.4 is 0 Å². The van der Waals surface area contributed by atoms with Gasteiger partial charge >= 0.3 is 0 Å². The second-order valence-electron chi connectivity index (χ2n) is 6.33. The van der Waals surface area contributed by atoms with Crippen LogP contribution >= 0.6 is 0 Å². The molecule has 0 aliphatic rings. The fraction of sp³-hybridized carbons (Fsp3) is 0.238. The van der Waals surface area contributed by atoms with E-state index in [0.29, 0.717) is 10.1 Å². The van der Waals surface area contributed by atoms with E-state index in [2.05, 4.69) is 18.4 Å². The van der Waals surface area contributed by atoms with Crippen molar-refractivity contribution in [2.75, 3.05) is 6.54 Å². The lowest BCUT2D eigenvalue weighted by molar-refractivity contribution is 0.511. The van der Waals surface area contributed by atoms with Gasteiger partial charge in [0.1, 0.15) is 0 Å². The summed E-state index contributed by atoms with van der Waals surface area (Å²) in [5.74, 6) is 5.50. The average molecular weight is 418 g/mol. The molecule has 0 spiro atoms. The van der Waals surface area contributed by atoms with Gasteiger partial charge in [0.15, 0.2) is 0 Å². The molecule has 0 atom stereocenters. The first kappa shape index (κ1) is 21.9. The molecule has 0 aliphatic carbocycles. The first-order valence-electron chi connectivity index (χ1n) is 8.67. The zero-order valence-corrected chi connectivity index (χ0v) is 17.8. The van der Waals surface area contributed by atoms with Crippen LogP contribution in [0.15, 0.2) is 70.5 Å². The lowest BCUT2D eigenvalue weighted by atomic mass is 10.2. The molecule has 0 saturated heterocycles. The number of nitrogens with zero attached hydrogens (tertiary/aromatic N) is 1. The van der Waals surface area contributed by atoms with Crippen molar-refractivity contribution >= 4 is 20.0 Å². The maximum absolute atomic E-state index is 13.2. The van der Waals surface area contributed by atoms with Crippen LogP contribution in [-0.4, -0.2) is 27.1 Å². The summed E-state index contributed by atoms with van der Waals surface area (Å²) in [7, 11) is -8.67. The van der Waals surface area contributed by atoms with Crippen LogP contribution in [0, 0.1) is 25.7 Å². The molecule has 2 aromatic rings. The van der Waals surface area contributed by atoms with Crippen LogP contribution in [0.2, 0.25) is 0 Å². The smallest absolute Gasteiger partial charge is 0.206 e. The number of aryl methyl sites for hydroxylation is 2. The van der Waals surface area contributed by atoms with Gasteiger partial charge in [0.05, 0.1) is 16.3 Å². The molecule has 0 heterocycles. The van der Waals surface area contributed by atoms with E-state index < -0.39 is 26.6 Å². The Morgan fingerprint density at radius 1 is 0.857 bits per heavy atom. The summed E-state index contributed by atoms with van der Waals surface area (Å²) < 4.78 is 53.3. The molecule has 0 aliphatic heterocycles. The molecule has 0 aromatic heterocycles. The van der Waals surface area contributed by atoms with E-state index in [1.807, 2.05) is 20.8 Å². The quantitative estimate of drug-likeness (QED) is 0.673. The summed E-state index contributed by atoms with van der Waals surface area (Å²) in [4.78, 5) is -0.213. The Bertz CT molecular complexity index is 1040. The van der Waals surface area contributed by atoms with E-state index in [-0.39, 0.29) is 15.4 Å². The van der Waals surface area contributed by atoms with Crippen molar-refractivity contribution in [3.05, 3.63) is 71.8 Å². The second-order valence-corrected chi connectivity index (χ2v) is 10.3. The molecule has 2 aromatic carbocycles. The van der Waals surface area contributed by atoms with Crippen molar-refractivity contribution in [2.24, 2.45) is 0 Å². The summed E-state index contributed by atoms with van der Waals surface area (Å²) in [5, 5.41) is 0. The predicted octanol–water partition coefficient (Wildman–Crippen LogP) is 3.65. The molecule has 0 bridgehead atoms. The van der Waals surface area contributed by atoms with Crippen molar-refractivity contribution in [1.82, 2.24) is 3.71 Å². The molecule has 7 heteroatoms. The minimum atomic E-state index is -4.34. The Labute approximate surface area is 167 Å². The van der Waals surface area contributed by atoms with Crippen molar-refractivity contribution in [2.45, 2.75) is 37.0 Å². The van der Waals surface area contributed by atoms with Gasteiger partial charge in [0.25, 0.3) is 20.0 Å². The standard InChI is InChI=1S/C21H23NO4S2/c1-5-6-7-19(4)16-22(27(23,24)20-12-8-17(2)9-13-20)28(25,26)21-14-10-18(3)11-15-21/h8-15H,4-5,16H2,1-3H3. The summed E-state index contributed by atoms with van der Waals surface area (Å²) in [6, 6.07) is 12.0. The highest BCUT2D eigenvalue weighted by Gasteiger charge is 2.36. The molecule has 0 unspecified atom stereocenters. The molecule has 0 fully saturated rings. The third kappa shape index (κ3) is 4.90. The van der Waals surface area contributed by atoms with E-state index >= 15 is 0 Å². The summed E-state index contributed by atoms with van der Waals surface area (Å²) in [6.45, 7) is 8.76. The normalized spacial score (nSPS) is 11.7. The zero-order valence-electron chi connectivity index (χ0n) is 16.1. The van der Waals surface area contributed by atoms with E-state index in [1.54, 1.807) is 24.3 Å². The minimum Gasteiger partial charge on any atom is -0.206 e. The highest BCUT2D eigenvalue weighted by molar-refractivity contribution is 8.04. The van der Waals surface area contributed by atoms with Crippen LogP contribution in [-0.2, 0) is 20.0 Å². The molecular weight excluding hydrogens is 394 g/mol. The van der Waals surface area contributed by atoms with Gasteiger partial charge in [0.2, 0.25) is 0 Å². The zero-order chi connectivity index (χ0) is 20.9. The van der Waals surface area contributed by atoms with Gasteiger partial charge in [-0.15, -0.1) is 0 Å². The highest BCUT2D eigenvalue weighted by atomic mass is 32.3. The largest absolute Gasteiger partial charge is 0.256 e. The molecular formula is C21H23NO4S2. The molecule has 5 nitrogen and oxygen atoms in total. The molecule has 0 N–H and O–H groups in total. The van der Waals surface area contributed by atoms with E-state index in [9.17, 15) is 16.8 Å². The number of sulfonamides is 2. The van der Waals surface area contributed by atoms with Gasteiger partial charge in [-0.3, -0.25) is 0 Å². The molecule has 0 amide bonds. The lowest BCUT2D eigenvalue weighted by Crippen LogP contribution is -2.38. The summed E-state index contributed by atoms with van der Waals surface area (Å²) in [5.41, 5.74) is 1.93. The Morgan fingerprint density at radius 3 is 1.61 bits per heavy atom. The molecule has 0 saturated carbocycles. The average Bonchev–Trinajstić information content (AvgIpc) is 2.65. The fourth-order valence-corrected chi connectivity index (χ4v) is 6.00. The molecule has 0 radical (unpaired) electrons. The number of benzene rings is 2. The fourth-order valence-electron chi connectivity index (χ4n) is 2.36. The van der Waals surface area contributed by atoms with E-state index in [1.165, 1.54) is 24.3 Å². The molecule has 2 rings (SSSR count). The molecule has 28 heavy (non-hydrogen) atoms. The van der Waals surface area contributed by atoms with Gasteiger partial charge in [-0.25, -0.2) is 16.8 Å². The van der Waals surface area contributed by atoms with Crippen LogP contribution in [0.25, 0.3) is 0 Å². The Morgan fingerprint density at radius 2 is 1.25 bits per heavy atom. The van der Waals surface area contributed by atoms with Gasteiger partial charge in [0, 0.05) is 12.0 Å². The Kier molecular flexibility index (Phi) is 6.83. The second kappa shape index (κ2) is 8.74. The number of rotatable bonds is 6. The predicted molar refractivity (Wildman–Crippen MR) is 111 cm³/mol. The van der Waals surface area contributed by atoms with Gasteiger partial charge in [-0.05, 0) is 38.1 Å². The highest BCUT2D eigenvalue weighted by Crippen LogP contribution is 2.25. The SMILES string of the molecule is C=C(C#CCC)CN(S(=O)(=O)c1ccc(C)cc1)S(=O)(=O)c1ccc(C)cc1. The van der Waals surface area contributed by atoms with Crippen molar-refractivity contribution in [1.29, 1.82) is 0 Å². The van der Waals surface area contributed by atoms with Crippen LogP contribution in [0.5, 0.6) is 0 Å². The third-order valence-electron chi connectivity index (χ3n) is 3.94. The Hall–Kier alpha value is -2.40. The monoisotopic (exact) mass is 417 g/mol. The number of hydrogen-bond donors (Lipinski definition) is 0. The van der Waals surface area contributed by atoms with E-state index in [0.717, 1.165) is 11.1 Å². The van der Waals surface area contributed by atoms with Crippen molar-refractivity contribution in [3.63, 3.8) is 0 Å².